The number of anilines is 1. The number of rotatable bonds is 5. The average Bonchev–Trinajstić information content (AvgIpc) is 3.11. The van der Waals surface area contributed by atoms with Crippen LogP contribution in [-0.4, -0.2) is 25.4 Å². The van der Waals surface area contributed by atoms with Gasteiger partial charge in [-0.3, -0.25) is 9.36 Å². The number of nitrogens with zero attached hydrogens (tertiary/aromatic N) is 4. The number of amides is 1. The molecular formula is C17H17N5O2. The molecule has 0 aliphatic rings. The van der Waals surface area contributed by atoms with Gasteiger partial charge < -0.3 is 10.1 Å². The van der Waals surface area contributed by atoms with Gasteiger partial charge in [0.05, 0.1) is 0 Å². The average molecular weight is 323 g/mol. The van der Waals surface area contributed by atoms with Crippen molar-refractivity contribution in [3.05, 3.63) is 55.4 Å². The Kier molecular flexibility index (Phi) is 4.51. The maximum atomic E-state index is 11.7. The van der Waals surface area contributed by atoms with Gasteiger partial charge >= 0.3 is 0 Å². The van der Waals surface area contributed by atoms with Gasteiger partial charge in [0.1, 0.15) is 24.2 Å². The molecule has 2 heterocycles. The molecule has 122 valence electrons. The van der Waals surface area contributed by atoms with E-state index in [2.05, 4.69) is 20.3 Å². The van der Waals surface area contributed by atoms with E-state index in [0.29, 0.717) is 17.4 Å². The van der Waals surface area contributed by atoms with Crippen molar-refractivity contribution in [2.45, 2.75) is 13.8 Å². The van der Waals surface area contributed by atoms with E-state index in [-0.39, 0.29) is 11.8 Å². The molecule has 1 aromatic carbocycles. The summed E-state index contributed by atoms with van der Waals surface area (Å²) in [5.74, 6) is 1.62. The number of imidazole rings is 1. The molecule has 0 radical (unpaired) electrons. The Morgan fingerprint density at radius 3 is 2.67 bits per heavy atom. The fourth-order valence-electron chi connectivity index (χ4n) is 1.94. The van der Waals surface area contributed by atoms with Crippen LogP contribution in [0.25, 0.3) is 5.82 Å². The second-order valence-electron chi connectivity index (χ2n) is 5.45. The minimum atomic E-state index is -0.0662. The van der Waals surface area contributed by atoms with Crippen molar-refractivity contribution < 1.29 is 9.53 Å². The van der Waals surface area contributed by atoms with E-state index >= 15 is 0 Å². The normalized spacial score (nSPS) is 10.6. The van der Waals surface area contributed by atoms with Crippen molar-refractivity contribution in [3.63, 3.8) is 0 Å². The molecule has 0 aliphatic carbocycles. The Bertz CT molecular complexity index is 813. The predicted octanol–water partition coefficient (Wildman–Crippen LogP) is 3.05. The summed E-state index contributed by atoms with van der Waals surface area (Å²) in [4.78, 5) is 23.9. The fraction of sp³-hybridized carbons (Fsp3) is 0.176. The number of aromatic nitrogens is 4. The standard InChI is InChI=1S/C17H17N5O2/c1-12(2)17(23)21-13-3-5-14(6-4-13)24-16-9-15(19-10-20-16)22-8-7-18-11-22/h3-12H,1-2H3,(H,21,23). The highest BCUT2D eigenvalue weighted by Crippen LogP contribution is 2.22. The molecule has 0 fully saturated rings. The molecule has 0 spiro atoms. The van der Waals surface area contributed by atoms with Crippen molar-refractivity contribution in [1.29, 1.82) is 0 Å². The highest BCUT2D eigenvalue weighted by atomic mass is 16.5. The van der Waals surface area contributed by atoms with Gasteiger partial charge in [-0.1, -0.05) is 13.8 Å². The van der Waals surface area contributed by atoms with Gasteiger partial charge in [-0.25, -0.2) is 15.0 Å². The number of carbonyl (C=O) groups excluding carboxylic acids is 1. The molecule has 3 rings (SSSR count). The SMILES string of the molecule is CC(C)C(=O)Nc1ccc(Oc2cc(-n3ccnc3)ncn2)cc1. The number of carbonyl (C=O) groups is 1. The predicted molar refractivity (Wildman–Crippen MR) is 89.1 cm³/mol. The second-order valence-corrected chi connectivity index (χ2v) is 5.45. The van der Waals surface area contributed by atoms with E-state index in [1.54, 1.807) is 53.6 Å². The van der Waals surface area contributed by atoms with Crippen LogP contribution in [0.4, 0.5) is 5.69 Å². The molecule has 0 unspecified atom stereocenters. The first kappa shape index (κ1) is 15.7. The summed E-state index contributed by atoms with van der Waals surface area (Å²) in [5, 5.41) is 2.83. The summed E-state index contributed by atoms with van der Waals surface area (Å²) in [6.07, 6.45) is 6.55. The molecule has 24 heavy (non-hydrogen) atoms. The minimum absolute atomic E-state index is 0.0237. The lowest BCUT2D eigenvalue weighted by Gasteiger charge is -2.09. The lowest BCUT2D eigenvalue weighted by atomic mass is 10.2. The van der Waals surface area contributed by atoms with Crippen LogP contribution < -0.4 is 10.1 Å². The van der Waals surface area contributed by atoms with E-state index in [1.807, 2.05) is 13.8 Å². The molecular weight excluding hydrogens is 306 g/mol. The van der Waals surface area contributed by atoms with E-state index in [4.69, 9.17) is 4.74 Å². The number of hydrogen-bond acceptors (Lipinski definition) is 5. The third-order valence-corrected chi connectivity index (χ3v) is 3.27. The van der Waals surface area contributed by atoms with Crippen LogP contribution in [0.2, 0.25) is 0 Å². The van der Waals surface area contributed by atoms with E-state index in [1.165, 1.54) is 6.33 Å². The van der Waals surface area contributed by atoms with Crippen LogP contribution in [0.1, 0.15) is 13.8 Å². The molecule has 7 nitrogen and oxygen atoms in total. The highest BCUT2D eigenvalue weighted by molar-refractivity contribution is 5.92. The molecule has 0 aliphatic heterocycles. The topological polar surface area (TPSA) is 81.9 Å². The van der Waals surface area contributed by atoms with Gasteiger partial charge in [0, 0.05) is 30.1 Å². The summed E-state index contributed by atoms with van der Waals surface area (Å²) in [6.45, 7) is 3.69. The van der Waals surface area contributed by atoms with Crippen molar-refractivity contribution in [1.82, 2.24) is 19.5 Å². The third-order valence-electron chi connectivity index (χ3n) is 3.27. The van der Waals surface area contributed by atoms with E-state index in [9.17, 15) is 4.79 Å². The van der Waals surface area contributed by atoms with Crippen molar-refractivity contribution in [3.8, 4) is 17.4 Å². The van der Waals surface area contributed by atoms with Crippen LogP contribution >= 0.6 is 0 Å². The number of benzene rings is 1. The number of hydrogen-bond donors (Lipinski definition) is 1. The monoisotopic (exact) mass is 323 g/mol. The zero-order chi connectivity index (χ0) is 16.9. The smallest absolute Gasteiger partial charge is 0.226 e. The third kappa shape index (κ3) is 3.75. The molecule has 3 aromatic rings. The van der Waals surface area contributed by atoms with Crippen molar-refractivity contribution in [2.24, 2.45) is 5.92 Å². The highest BCUT2D eigenvalue weighted by Gasteiger charge is 2.07. The van der Waals surface area contributed by atoms with Gasteiger partial charge in [-0.05, 0) is 24.3 Å². The summed E-state index contributed by atoms with van der Waals surface area (Å²) in [7, 11) is 0. The Hall–Kier alpha value is -3.22. The lowest BCUT2D eigenvalue weighted by Crippen LogP contribution is -2.17. The molecule has 2 aromatic heterocycles. The zero-order valence-corrected chi connectivity index (χ0v) is 13.4. The van der Waals surface area contributed by atoms with Crippen molar-refractivity contribution >= 4 is 11.6 Å². The maximum absolute atomic E-state index is 11.7. The molecule has 7 heteroatoms. The molecule has 1 amide bonds. The summed E-state index contributed by atoms with van der Waals surface area (Å²) in [5.41, 5.74) is 0.725. The first-order chi connectivity index (χ1) is 11.6. The lowest BCUT2D eigenvalue weighted by molar-refractivity contribution is -0.118. The van der Waals surface area contributed by atoms with Crippen LogP contribution in [0.5, 0.6) is 11.6 Å². The number of ether oxygens (including phenoxy) is 1. The first-order valence-electron chi connectivity index (χ1n) is 7.51. The summed E-state index contributed by atoms with van der Waals surface area (Å²) in [6, 6.07) is 8.83. The Morgan fingerprint density at radius 2 is 2.00 bits per heavy atom. The molecule has 0 atom stereocenters. The summed E-state index contributed by atoms with van der Waals surface area (Å²) < 4.78 is 7.49. The zero-order valence-electron chi connectivity index (χ0n) is 13.4. The molecule has 0 saturated heterocycles. The Balaban J connectivity index is 1.70. The largest absolute Gasteiger partial charge is 0.439 e. The van der Waals surface area contributed by atoms with Crippen LogP contribution in [0, 0.1) is 5.92 Å². The Labute approximate surface area is 139 Å². The molecule has 1 N–H and O–H groups in total. The van der Waals surface area contributed by atoms with E-state index < -0.39 is 0 Å². The molecule has 0 saturated carbocycles. The fourth-order valence-corrected chi connectivity index (χ4v) is 1.94. The van der Waals surface area contributed by atoms with Gasteiger partial charge in [0.15, 0.2) is 0 Å². The Morgan fingerprint density at radius 1 is 1.21 bits per heavy atom. The van der Waals surface area contributed by atoms with Crippen LogP contribution in [0.3, 0.4) is 0 Å². The van der Waals surface area contributed by atoms with Gasteiger partial charge in [-0.2, -0.15) is 0 Å². The van der Waals surface area contributed by atoms with Gasteiger partial charge in [-0.15, -0.1) is 0 Å². The van der Waals surface area contributed by atoms with Crippen molar-refractivity contribution in [2.75, 3.05) is 5.32 Å². The summed E-state index contributed by atoms with van der Waals surface area (Å²) >= 11 is 0. The van der Waals surface area contributed by atoms with Gasteiger partial charge in [0.25, 0.3) is 0 Å². The van der Waals surface area contributed by atoms with E-state index in [0.717, 1.165) is 5.69 Å². The second kappa shape index (κ2) is 6.91. The number of nitrogens with one attached hydrogen (secondary N) is 1. The first-order valence-corrected chi connectivity index (χ1v) is 7.51. The maximum Gasteiger partial charge on any atom is 0.226 e. The molecule has 0 bridgehead atoms. The quantitative estimate of drug-likeness (QED) is 0.780. The van der Waals surface area contributed by atoms with Gasteiger partial charge in [0.2, 0.25) is 11.8 Å². The van der Waals surface area contributed by atoms with Crippen LogP contribution in [-0.2, 0) is 4.79 Å². The minimum Gasteiger partial charge on any atom is -0.439 e. The van der Waals surface area contributed by atoms with Crippen LogP contribution in [0.15, 0.2) is 55.4 Å².